The van der Waals surface area contributed by atoms with Crippen LogP contribution >= 0.6 is 8.86 Å². The van der Waals surface area contributed by atoms with Gasteiger partial charge in [0.1, 0.15) is 8.86 Å². The van der Waals surface area contributed by atoms with Gasteiger partial charge in [0.25, 0.3) is 0 Å². The third kappa shape index (κ3) is 1.66. The molecule has 0 bridgehead atoms. The summed E-state index contributed by atoms with van der Waals surface area (Å²) in [7, 11) is 1.98. The lowest BCUT2D eigenvalue weighted by molar-refractivity contribution is 0.571. The Balaban J connectivity index is 3.95. The SMILES string of the molecule is O=C=C=[PH2+]. The van der Waals surface area contributed by atoms with Gasteiger partial charge in [-0.25, -0.2) is 4.79 Å². The fourth-order valence-electron chi connectivity index (χ4n) is 0. The Kier molecular flexibility index (Phi) is 2.43. The molecule has 0 radical (unpaired) electrons. The van der Waals surface area contributed by atoms with Crippen molar-refractivity contribution in [2.24, 2.45) is 0 Å². The molecule has 0 spiro atoms. The average molecular weight is 73.0 g/mol. The molecule has 0 aromatic heterocycles. The summed E-state index contributed by atoms with van der Waals surface area (Å²) in [5.74, 6) is 1.39. The molecule has 0 rings (SSSR count). The summed E-state index contributed by atoms with van der Waals surface area (Å²) < 4.78 is 0. The van der Waals surface area contributed by atoms with Gasteiger partial charge in [-0.1, -0.05) is 0 Å². The molecule has 0 heterocycles. The van der Waals surface area contributed by atoms with Crippen LogP contribution in [0.2, 0.25) is 0 Å². The van der Waals surface area contributed by atoms with Gasteiger partial charge in [-0.3, -0.25) is 0 Å². The second-order valence-electron chi connectivity index (χ2n) is 0.246. The third-order valence-corrected chi connectivity index (χ3v) is 0.177. The van der Waals surface area contributed by atoms with Gasteiger partial charge in [-0.2, -0.15) is 0 Å². The third-order valence-electron chi connectivity index (χ3n) is 0.0589. The van der Waals surface area contributed by atoms with E-state index >= 15 is 0 Å². The first-order chi connectivity index (χ1) is 1.91. The van der Waals surface area contributed by atoms with Crippen LogP contribution in [0.3, 0.4) is 0 Å². The summed E-state index contributed by atoms with van der Waals surface area (Å²) in [5, 5.41) is 0. The van der Waals surface area contributed by atoms with Gasteiger partial charge in [0.2, 0.25) is 5.94 Å². The van der Waals surface area contributed by atoms with Crippen molar-refractivity contribution in [1.29, 1.82) is 0 Å². The lowest BCUT2D eigenvalue weighted by Gasteiger charge is -1.03. The zero-order valence-electron chi connectivity index (χ0n) is 1.99. The number of hydrogen-bond acceptors (Lipinski definition) is 1. The molecule has 0 aliphatic rings. The van der Waals surface area contributed by atoms with Gasteiger partial charge in [0, 0.05) is 0 Å². The van der Waals surface area contributed by atoms with E-state index in [1.54, 1.807) is 0 Å². The molecule has 0 aromatic carbocycles. The minimum atomic E-state index is 1.39. The average Bonchev–Trinajstić information content (AvgIpc) is 1.37. The summed E-state index contributed by atoms with van der Waals surface area (Å²) in [6, 6.07) is 0. The maximum absolute atomic E-state index is 8.92. The molecule has 4 heavy (non-hydrogen) atoms. The van der Waals surface area contributed by atoms with E-state index in [4.69, 9.17) is 4.79 Å². The molecule has 0 aromatic rings. The topological polar surface area (TPSA) is 17.1 Å². The van der Waals surface area contributed by atoms with Gasteiger partial charge in [-0.15, -0.1) is 0 Å². The molecule has 0 amide bonds. The van der Waals surface area contributed by atoms with Crippen LogP contribution in [0.5, 0.6) is 0 Å². The molecular formula is C2H2OP+. The molecule has 0 fully saturated rings. The monoisotopic (exact) mass is 73.0 g/mol. The summed E-state index contributed by atoms with van der Waals surface area (Å²) in [5.41, 5.74) is 2.04. The maximum Gasteiger partial charge on any atom is 0.222 e. The molecular weight excluding hydrogens is 71.0 g/mol. The highest BCUT2D eigenvalue weighted by Crippen LogP contribution is 1.29. The highest BCUT2D eigenvalue weighted by molar-refractivity contribution is 7.18. The number of carbonyl (C=O) groups excluding carboxylic acids is 1. The summed E-state index contributed by atoms with van der Waals surface area (Å²) in [6.07, 6.45) is 0. The first-order valence-electron chi connectivity index (χ1n) is 0.743. The first-order valence-corrected chi connectivity index (χ1v) is 1.32. The maximum atomic E-state index is 8.92. The van der Waals surface area contributed by atoms with Crippen LogP contribution in [0.25, 0.3) is 0 Å². The molecule has 20 valence electrons. The predicted octanol–water partition coefficient (Wildman–Crippen LogP) is -0.350. The van der Waals surface area contributed by atoms with Crippen LogP contribution in [0.1, 0.15) is 0 Å². The van der Waals surface area contributed by atoms with E-state index < -0.39 is 0 Å². The zero-order valence-corrected chi connectivity index (χ0v) is 3.14. The summed E-state index contributed by atoms with van der Waals surface area (Å²) in [6.45, 7) is 0. The zero-order chi connectivity index (χ0) is 3.41. The Morgan fingerprint density at radius 1 is 1.75 bits per heavy atom. The van der Waals surface area contributed by atoms with E-state index in [0.29, 0.717) is 0 Å². The van der Waals surface area contributed by atoms with Crippen LogP contribution < -0.4 is 0 Å². The Morgan fingerprint density at radius 3 is 2.00 bits per heavy atom. The molecule has 0 saturated heterocycles. The molecule has 1 nitrogen and oxygen atoms in total. The second kappa shape index (κ2) is 2.66. The van der Waals surface area contributed by atoms with Gasteiger partial charge in [0.05, 0.1) is 0 Å². The van der Waals surface area contributed by atoms with Gasteiger partial charge >= 0.3 is 0 Å². The van der Waals surface area contributed by atoms with E-state index in [1.807, 2.05) is 14.3 Å². The summed E-state index contributed by atoms with van der Waals surface area (Å²) >= 11 is 0. The van der Waals surface area contributed by atoms with Crippen LogP contribution in [0.4, 0.5) is 0 Å². The van der Waals surface area contributed by atoms with Crippen LogP contribution in [0.15, 0.2) is 0 Å². The van der Waals surface area contributed by atoms with Crippen molar-refractivity contribution in [3.05, 3.63) is 0 Å². The van der Waals surface area contributed by atoms with Crippen LogP contribution in [-0.4, -0.2) is 11.4 Å². The predicted molar refractivity (Wildman–Crippen MR) is 20.4 cm³/mol. The van der Waals surface area contributed by atoms with Crippen molar-refractivity contribution in [3.8, 4) is 0 Å². The van der Waals surface area contributed by atoms with Crippen LogP contribution in [0, 0.1) is 0 Å². The van der Waals surface area contributed by atoms with Crippen molar-refractivity contribution in [1.82, 2.24) is 0 Å². The van der Waals surface area contributed by atoms with Crippen molar-refractivity contribution < 1.29 is 4.79 Å². The second-order valence-corrected chi connectivity index (χ2v) is 0.535. The minimum Gasteiger partial charge on any atom is -0.220 e. The lowest BCUT2D eigenvalue weighted by atomic mass is 11.2. The summed E-state index contributed by atoms with van der Waals surface area (Å²) in [4.78, 5) is 8.92. The lowest BCUT2D eigenvalue weighted by Crippen LogP contribution is -1.31. The Morgan fingerprint density at radius 2 is 2.00 bits per heavy atom. The highest BCUT2D eigenvalue weighted by Gasteiger charge is 1.29. The number of rotatable bonds is 0. The Labute approximate surface area is 26.2 Å². The first kappa shape index (κ1) is 3.66. The van der Waals surface area contributed by atoms with Crippen molar-refractivity contribution in [2.75, 3.05) is 0 Å². The van der Waals surface area contributed by atoms with E-state index in [1.165, 1.54) is 5.94 Å². The normalized spacial score (nSPS) is 3.00. The van der Waals surface area contributed by atoms with Crippen LogP contribution in [-0.2, 0) is 4.79 Å². The molecule has 0 saturated carbocycles. The van der Waals surface area contributed by atoms with E-state index in [-0.39, 0.29) is 0 Å². The van der Waals surface area contributed by atoms with Crippen molar-refractivity contribution in [2.45, 2.75) is 0 Å². The fourth-order valence-corrected chi connectivity index (χ4v) is 0. The molecule has 0 aliphatic carbocycles. The quantitative estimate of drug-likeness (QED) is 0.283. The molecule has 1 unspecified atom stereocenters. The molecule has 2 heteroatoms. The van der Waals surface area contributed by atoms with E-state index in [9.17, 15) is 0 Å². The van der Waals surface area contributed by atoms with Gasteiger partial charge in [0.15, 0.2) is 5.45 Å². The van der Waals surface area contributed by atoms with Gasteiger partial charge < -0.3 is 0 Å². The van der Waals surface area contributed by atoms with E-state index in [2.05, 4.69) is 0 Å². The standard InChI is InChI=1S/C2HOP/c3-1-2-4/h4H/p+1. The molecule has 1 atom stereocenters. The minimum absolute atomic E-state index is 1.39. The highest BCUT2D eigenvalue weighted by atomic mass is 31.0. The fraction of sp³-hybridized carbons (Fsp3) is 0. The van der Waals surface area contributed by atoms with Gasteiger partial charge in [-0.05, 0) is 0 Å². The Hall–Kier alpha value is -0.340. The van der Waals surface area contributed by atoms with E-state index in [0.717, 1.165) is 0 Å². The number of hydrogen-bond donors (Lipinski definition) is 0. The van der Waals surface area contributed by atoms with Crippen molar-refractivity contribution >= 4 is 20.3 Å². The molecule has 0 aliphatic heterocycles. The largest absolute Gasteiger partial charge is 0.222 e. The van der Waals surface area contributed by atoms with Crippen molar-refractivity contribution in [3.63, 3.8) is 0 Å². The molecule has 0 N–H and O–H groups in total. The Bertz CT molecular complexity index is 56.1. The smallest absolute Gasteiger partial charge is 0.220 e.